The van der Waals surface area contributed by atoms with Crippen LogP contribution in [-0.2, 0) is 0 Å². The summed E-state index contributed by atoms with van der Waals surface area (Å²) in [5.74, 6) is 2.31. The maximum Gasteiger partial charge on any atom is 0.131 e. The van der Waals surface area contributed by atoms with Gasteiger partial charge in [0.1, 0.15) is 17.2 Å². The predicted molar refractivity (Wildman–Crippen MR) is 64.0 cm³/mol. The van der Waals surface area contributed by atoms with Crippen LogP contribution in [0.5, 0.6) is 17.2 Å². The van der Waals surface area contributed by atoms with Crippen molar-refractivity contribution in [1.29, 1.82) is 0 Å². The summed E-state index contributed by atoms with van der Waals surface area (Å²) in [6.07, 6.45) is 0. The molecule has 2 rings (SSSR count). The lowest BCUT2D eigenvalue weighted by Gasteiger charge is -2.07. The Hall–Kier alpha value is -1.96. The third kappa shape index (κ3) is 2.54. The molecule has 0 bridgehead atoms. The summed E-state index contributed by atoms with van der Waals surface area (Å²) in [5.41, 5.74) is 0.931. The lowest BCUT2D eigenvalue weighted by atomic mass is 10.2. The Kier molecular flexibility index (Phi) is 3.10. The second-order valence-electron chi connectivity index (χ2n) is 3.43. The van der Waals surface area contributed by atoms with Crippen molar-refractivity contribution in [3.63, 3.8) is 0 Å². The van der Waals surface area contributed by atoms with Crippen molar-refractivity contribution in [2.75, 3.05) is 7.11 Å². The lowest BCUT2D eigenvalue weighted by molar-refractivity contribution is 0.409. The highest BCUT2D eigenvalue weighted by molar-refractivity contribution is 5.38. The van der Waals surface area contributed by atoms with Gasteiger partial charge in [0.25, 0.3) is 0 Å². The first-order valence-corrected chi connectivity index (χ1v) is 5.02. The number of methoxy groups -OCH3 is 1. The number of ether oxygens (including phenoxy) is 2. The molecule has 0 unspecified atom stereocenters. The van der Waals surface area contributed by atoms with Crippen molar-refractivity contribution >= 4 is 0 Å². The van der Waals surface area contributed by atoms with Gasteiger partial charge in [-0.15, -0.1) is 0 Å². The molecule has 0 amide bonds. The van der Waals surface area contributed by atoms with Gasteiger partial charge in [-0.05, 0) is 36.8 Å². The zero-order valence-electron chi connectivity index (χ0n) is 9.14. The first-order chi connectivity index (χ1) is 7.78. The molecule has 0 aromatic heterocycles. The summed E-state index contributed by atoms with van der Waals surface area (Å²) < 4.78 is 10.8. The highest BCUT2D eigenvalue weighted by Crippen LogP contribution is 2.25. The molecule has 0 saturated carbocycles. The average Bonchev–Trinajstić information content (AvgIpc) is 2.29. The van der Waals surface area contributed by atoms with Crippen LogP contribution in [0.15, 0.2) is 48.5 Å². The maximum absolute atomic E-state index is 5.68. The minimum atomic E-state index is 0.755. The van der Waals surface area contributed by atoms with Crippen molar-refractivity contribution in [1.82, 2.24) is 0 Å². The molecule has 0 fully saturated rings. The van der Waals surface area contributed by atoms with Gasteiger partial charge in [0.05, 0.1) is 7.11 Å². The molecule has 81 valence electrons. The molecular formula is C14H13O2. The van der Waals surface area contributed by atoms with Gasteiger partial charge in [-0.25, -0.2) is 0 Å². The van der Waals surface area contributed by atoms with E-state index in [0.717, 1.165) is 22.8 Å². The summed E-state index contributed by atoms with van der Waals surface area (Å²) in [5, 5.41) is 0. The van der Waals surface area contributed by atoms with E-state index < -0.39 is 0 Å². The van der Waals surface area contributed by atoms with Crippen molar-refractivity contribution in [2.45, 2.75) is 0 Å². The third-order valence-electron chi connectivity index (χ3n) is 2.18. The minimum absolute atomic E-state index is 0.755. The van der Waals surface area contributed by atoms with Crippen molar-refractivity contribution in [2.24, 2.45) is 0 Å². The van der Waals surface area contributed by atoms with Crippen molar-refractivity contribution in [3.05, 3.63) is 61.0 Å². The molecule has 16 heavy (non-hydrogen) atoms. The van der Waals surface area contributed by atoms with E-state index in [-0.39, 0.29) is 0 Å². The zero-order valence-corrected chi connectivity index (χ0v) is 9.14. The maximum atomic E-state index is 5.68. The predicted octanol–water partition coefficient (Wildman–Crippen LogP) is 3.67. The molecule has 2 aromatic rings. The molecule has 0 atom stereocenters. The molecule has 0 N–H and O–H groups in total. The van der Waals surface area contributed by atoms with Crippen LogP contribution in [0.2, 0.25) is 0 Å². The van der Waals surface area contributed by atoms with E-state index in [1.807, 2.05) is 48.5 Å². The summed E-state index contributed by atoms with van der Waals surface area (Å²) >= 11 is 0. The largest absolute Gasteiger partial charge is 0.497 e. The van der Waals surface area contributed by atoms with Gasteiger partial charge in [0, 0.05) is 6.07 Å². The number of hydrogen-bond acceptors (Lipinski definition) is 2. The topological polar surface area (TPSA) is 18.5 Å². The van der Waals surface area contributed by atoms with Crippen molar-refractivity contribution in [3.8, 4) is 17.2 Å². The fourth-order valence-corrected chi connectivity index (χ4v) is 1.41. The molecular weight excluding hydrogens is 200 g/mol. The third-order valence-corrected chi connectivity index (χ3v) is 2.18. The van der Waals surface area contributed by atoms with E-state index in [1.165, 1.54) is 0 Å². The second-order valence-corrected chi connectivity index (χ2v) is 3.43. The Morgan fingerprint density at radius 2 is 1.50 bits per heavy atom. The van der Waals surface area contributed by atoms with E-state index in [9.17, 15) is 0 Å². The quantitative estimate of drug-likeness (QED) is 0.774. The van der Waals surface area contributed by atoms with E-state index in [1.54, 1.807) is 7.11 Å². The van der Waals surface area contributed by atoms with Crippen LogP contribution in [0.25, 0.3) is 0 Å². The highest BCUT2D eigenvalue weighted by Gasteiger charge is 1.98. The summed E-state index contributed by atoms with van der Waals surface area (Å²) in [6.45, 7) is 3.85. The van der Waals surface area contributed by atoms with Gasteiger partial charge in [0.2, 0.25) is 0 Å². The Bertz CT molecular complexity index is 478. The van der Waals surface area contributed by atoms with Gasteiger partial charge >= 0.3 is 0 Å². The number of benzene rings is 2. The van der Waals surface area contributed by atoms with Crippen LogP contribution >= 0.6 is 0 Å². The van der Waals surface area contributed by atoms with E-state index >= 15 is 0 Å². The van der Waals surface area contributed by atoms with E-state index in [4.69, 9.17) is 9.47 Å². The second kappa shape index (κ2) is 4.71. The molecule has 0 aliphatic heterocycles. The molecule has 0 saturated heterocycles. The fourth-order valence-electron chi connectivity index (χ4n) is 1.41. The molecule has 0 spiro atoms. The van der Waals surface area contributed by atoms with Crippen LogP contribution in [-0.4, -0.2) is 7.11 Å². The first-order valence-electron chi connectivity index (χ1n) is 5.02. The molecule has 2 aromatic carbocycles. The highest BCUT2D eigenvalue weighted by atomic mass is 16.5. The van der Waals surface area contributed by atoms with Crippen molar-refractivity contribution < 1.29 is 9.47 Å². The molecule has 0 heterocycles. The monoisotopic (exact) mass is 213 g/mol. The van der Waals surface area contributed by atoms with Crippen LogP contribution < -0.4 is 9.47 Å². The van der Waals surface area contributed by atoms with Gasteiger partial charge in [-0.3, -0.25) is 0 Å². The molecule has 2 heteroatoms. The van der Waals surface area contributed by atoms with Crippen LogP contribution in [0, 0.1) is 6.92 Å². The fraction of sp³-hybridized carbons (Fsp3) is 0.0714. The summed E-state index contributed by atoms with van der Waals surface area (Å²) in [7, 11) is 1.63. The number of rotatable bonds is 3. The standard InChI is InChI=1S/C14H13O2/c1-11-5-3-7-13(9-11)16-14-8-4-6-12(10-14)15-2/h3-10H,1H2,2H3. The molecule has 2 nitrogen and oxygen atoms in total. The van der Waals surface area contributed by atoms with Gasteiger partial charge in [0.15, 0.2) is 0 Å². The average molecular weight is 213 g/mol. The van der Waals surface area contributed by atoms with E-state index in [0.29, 0.717) is 0 Å². The Morgan fingerprint density at radius 1 is 0.875 bits per heavy atom. The lowest BCUT2D eigenvalue weighted by Crippen LogP contribution is -1.86. The van der Waals surface area contributed by atoms with Crippen LogP contribution in [0.3, 0.4) is 0 Å². The summed E-state index contributed by atoms with van der Waals surface area (Å²) in [6, 6.07) is 15.1. The Balaban J connectivity index is 2.20. The van der Waals surface area contributed by atoms with Crippen LogP contribution in [0.1, 0.15) is 5.56 Å². The smallest absolute Gasteiger partial charge is 0.131 e. The first kappa shape index (κ1) is 10.6. The Labute approximate surface area is 95.4 Å². The minimum Gasteiger partial charge on any atom is -0.497 e. The van der Waals surface area contributed by atoms with Gasteiger partial charge in [-0.1, -0.05) is 18.2 Å². The van der Waals surface area contributed by atoms with Gasteiger partial charge < -0.3 is 9.47 Å². The number of hydrogen-bond donors (Lipinski definition) is 0. The molecule has 0 aliphatic rings. The SMILES string of the molecule is [CH2]c1cccc(Oc2cccc(OC)c2)c1. The Morgan fingerprint density at radius 3 is 2.19 bits per heavy atom. The normalized spacial score (nSPS) is 9.88. The summed E-state index contributed by atoms with van der Waals surface area (Å²) in [4.78, 5) is 0. The van der Waals surface area contributed by atoms with Crippen LogP contribution in [0.4, 0.5) is 0 Å². The molecule has 1 radical (unpaired) electrons. The van der Waals surface area contributed by atoms with E-state index in [2.05, 4.69) is 6.92 Å². The zero-order chi connectivity index (χ0) is 11.4. The molecule has 0 aliphatic carbocycles. The van der Waals surface area contributed by atoms with Gasteiger partial charge in [-0.2, -0.15) is 0 Å².